The lowest BCUT2D eigenvalue weighted by atomic mass is 10.0. The van der Waals surface area contributed by atoms with Crippen molar-refractivity contribution in [3.8, 4) is 0 Å². The van der Waals surface area contributed by atoms with Gasteiger partial charge in [0.25, 0.3) is 0 Å². The number of fused-ring (bicyclic) bond motifs is 1. The van der Waals surface area contributed by atoms with E-state index in [1.165, 1.54) is 0 Å². The zero-order valence-electron chi connectivity index (χ0n) is 18.5. The number of hydrogen-bond acceptors (Lipinski definition) is 4. The Morgan fingerprint density at radius 2 is 1.79 bits per heavy atom. The van der Waals surface area contributed by atoms with E-state index in [1.807, 2.05) is 54.6 Å². The van der Waals surface area contributed by atoms with Gasteiger partial charge in [-0.15, -0.1) is 0 Å². The Morgan fingerprint density at radius 3 is 2.55 bits per heavy atom. The number of piperidine rings is 1. The molecule has 7 heteroatoms. The highest BCUT2D eigenvalue weighted by atomic mass is 32.2. The second-order valence-corrected chi connectivity index (χ2v) is 10.9. The molecule has 0 bridgehead atoms. The number of carbonyl (C=O) groups excluding carboxylic acids is 1. The first-order chi connectivity index (χ1) is 16.0. The van der Waals surface area contributed by atoms with Gasteiger partial charge < -0.3 is 10.6 Å². The Labute approximate surface area is 194 Å². The lowest BCUT2D eigenvalue weighted by Crippen LogP contribution is -2.38. The standard InChI is InChI=1S/C26H29N3O3S/c30-26(29-22-10-7-19-5-1-2-6-21(19)14-22)25-15-24(25)20-8-11-23(12-9-20)33(31,32)28-17-18-4-3-13-27-16-18/h1-2,5-12,14,18,24-25,27-28H,3-4,13,15-17H2,(H,29,30)/t18-,24?,25+/m0/s1. The zero-order chi connectivity index (χ0) is 22.8. The average Bonchev–Trinajstić information content (AvgIpc) is 3.65. The summed E-state index contributed by atoms with van der Waals surface area (Å²) < 4.78 is 28.0. The van der Waals surface area contributed by atoms with E-state index in [0.29, 0.717) is 12.5 Å². The molecule has 1 saturated carbocycles. The topological polar surface area (TPSA) is 87.3 Å². The first kappa shape index (κ1) is 22.1. The molecule has 3 atom stereocenters. The smallest absolute Gasteiger partial charge is 0.240 e. The number of amides is 1. The van der Waals surface area contributed by atoms with Crippen molar-refractivity contribution in [2.45, 2.75) is 30.1 Å². The summed E-state index contributed by atoms with van der Waals surface area (Å²) in [6.45, 7) is 2.32. The maximum atomic E-state index is 12.7. The van der Waals surface area contributed by atoms with Gasteiger partial charge in [-0.2, -0.15) is 0 Å². The minimum Gasteiger partial charge on any atom is -0.326 e. The second kappa shape index (κ2) is 9.25. The molecule has 2 aliphatic rings. The molecule has 6 nitrogen and oxygen atoms in total. The highest BCUT2D eigenvalue weighted by molar-refractivity contribution is 7.89. The highest BCUT2D eigenvalue weighted by Crippen LogP contribution is 2.48. The lowest BCUT2D eigenvalue weighted by Gasteiger charge is -2.22. The van der Waals surface area contributed by atoms with Gasteiger partial charge in [0.05, 0.1) is 4.90 Å². The largest absolute Gasteiger partial charge is 0.326 e. The number of carbonyl (C=O) groups is 1. The maximum absolute atomic E-state index is 12.7. The van der Waals surface area contributed by atoms with Crippen LogP contribution < -0.4 is 15.4 Å². The Balaban J connectivity index is 1.18. The number of sulfonamides is 1. The molecule has 1 saturated heterocycles. The molecule has 0 aromatic heterocycles. The molecule has 1 aliphatic heterocycles. The van der Waals surface area contributed by atoms with Crippen LogP contribution in [-0.4, -0.2) is 34.0 Å². The quantitative estimate of drug-likeness (QED) is 0.497. The molecule has 3 aromatic carbocycles. The van der Waals surface area contributed by atoms with Gasteiger partial charge in [-0.1, -0.05) is 42.5 Å². The third-order valence-corrected chi connectivity index (χ3v) is 8.16. The van der Waals surface area contributed by atoms with Crippen LogP contribution in [0.2, 0.25) is 0 Å². The maximum Gasteiger partial charge on any atom is 0.240 e. The normalized spacial score (nSPS) is 22.7. The summed E-state index contributed by atoms with van der Waals surface area (Å²) in [7, 11) is -3.53. The molecule has 172 valence electrons. The van der Waals surface area contributed by atoms with Crippen LogP contribution in [0.5, 0.6) is 0 Å². The van der Waals surface area contributed by atoms with E-state index in [9.17, 15) is 13.2 Å². The molecule has 1 amide bonds. The summed E-state index contributed by atoms with van der Waals surface area (Å²) in [5, 5.41) is 8.56. The molecular formula is C26H29N3O3S. The fraction of sp³-hybridized carbons (Fsp3) is 0.346. The molecular weight excluding hydrogens is 434 g/mol. The Kier molecular flexibility index (Phi) is 6.19. The molecule has 1 aliphatic carbocycles. The van der Waals surface area contributed by atoms with E-state index < -0.39 is 10.0 Å². The van der Waals surface area contributed by atoms with Crippen LogP contribution in [0.1, 0.15) is 30.7 Å². The molecule has 5 rings (SSSR count). The van der Waals surface area contributed by atoms with Crippen LogP contribution in [0.15, 0.2) is 71.6 Å². The van der Waals surface area contributed by atoms with Gasteiger partial charge in [0, 0.05) is 18.2 Å². The Morgan fingerprint density at radius 1 is 1.00 bits per heavy atom. The van der Waals surface area contributed by atoms with Crippen molar-refractivity contribution in [2.75, 3.05) is 25.0 Å². The summed E-state index contributed by atoms with van der Waals surface area (Å²) in [4.78, 5) is 13.0. The average molecular weight is 464 g/mol. The van der Waals surface area contributed by atoms with Gasteiger partial charge in [0.15, 0.2) is 0 Å². The molecule has 3 aromatic rings. The summed E-state index contributed by atoms with van der Waals surface area (Å²) in [5.41, 5.74) is 1.80. The van der Waals surface area contributed by atoms with E-state index in [-0.39, 0.29) is 22.6 Å². The molecule has 1 unspecified atom stereocenters. The molecule has 2 fully saturated rings. The first-order valence-electron chi connectivity index (χ1n) is 11.6. The van der Waals surface area contributed by atoms with E-state index in [2.05, 4.69) is 15.4 Å². The summed E-state index contributed by atoms with van der Waals surface area (Å²) >= 11 is 0. The van der Waals surface area contributed by atoms with Gasteiger partial charge in [0.1, 0.15) is 0 Å². The third kappa shape index (κ3) is 5.11. The molecule has 1 heterocycles. The van der Waals surface area contributed by atoms with Crippen molar-refractivity contribution >= 4 is 32.4 Å². The van der Waals surface area contributed by atoms with Crippen molar-refractivity contribution in [3.05, 3.63) is 72.3 Å². The number of nitrogens with one attached hydrogen (secondary N) is 3. The zero-order valence-corrected chi connectivity index (χ0v) is 19.3. The lowest BCUT2D eigenvalue weighted by molar-refractivity contribution is -0.117. The SMILES string of the molecule is O=C(Nc1ccc2ccccc2c1)[C@@H]1CC1c1ccc(S(=O)(=O)NC[C@H]2CCCNC2)cc1. The highest BCUT2D eigenvalue weighted by Gasteiger charge is 2.44. The van der Waals surface area contributed by atoms with Crippen molar-refractivity contribution in [2.24, 2.45) is 11.8 Å². The number of hydrogen-bond donors (Lipinski definition) is 3. The number of anilines is 1. The van der Waals surface area contributed by atoms with Crippen LogP contribution >= 0.6 is 0 Å². The number of rotatable bonds is 7. The van der Waals surface area contributed by atoms with Gasteiger partial charge in [-0.3, -0.25) is 4.79 Å². The second-order valence-electron chi connectivity index (χ2n) is 9.13. The minimum absolute atomic E-state index is 0.00902. The van der Waals surface area contributed by atoms with Crippen molar-refractivity contribution in [1.29, 1.82) is 0 Å². The fourth-order valence-corrected chi connectivity index (χ4v) is 5.77. The van der Waals surface area contributed by atoms with E-state index in [1.54, 1.807) is 12.1 Å². The van der Waals surface area contributed by atoms with Crippen molar-refractivity contribution in [3.63, 3.8) is 0 Å². The van der Waals surface area contributed by atoms with Crippen molar-refractivity contribution < 1.29 is 13.2 Å². The van der Waals surface area contributed by atoms with Crippen molar-refractivity contribution in [1.82, 2.24) is 10.0 Å². The van der Waals surface area contributed by atoms with Gasteiger partial charge >= 0.3 is 0 Å². The molecule has 33 heavy (non-hydrogen) atoms. The van der Waals surface area contributed by atoms with Crippen LogP contribution in [0.25, 0.3) is 10.8 Å². The Hall–Kier alpha value is -2.74. The summed E-state index contributed by atoms with van der Waals surface area (Å²) in [6.07, 6.45) is 2.90. The van der Waals surface area contributed by atoms with Crippen LogP contribution in [-0.2, 0) is 14.8 Å². The summed E-state index contributed by atoms with van der Waals surface area (Å²) in [5.74, 6) is 0.384. The Bertz CT molecular complexity index is 1250. The summed E-state index contributed by atoms with van der Waals surface area (Å²) in [6, 6.07) is 20.9. The van der Waals surface area contributed by atoms with E-state index in [4.69, 9.17) is 0 Å². The molecule has 3 N–H and O–H groups in total. The van der Waals surface area contributed by atoms with E-state index in [0.717, 1.165) is 54.4 Å². The van der Waals surface area contributed by atoms with Crippen LogP contribution in [0.3, 0.4) is 0 Å². The van der Waals surface area contributed by atoms with E-state index >= 15 is 0 Å². The van der Waals surface area contributed by atoms with Crippen LogP contribution in [0.4, 0.5) is 5.69 Å². The van der Waals surface area contributed by atoms with Gasteiger partial charge in [-0.25, -0.2) is 13.1 Å². The first-order valence-corrected chi connectivity index (χ1v) is 13.1. The molecule has 0 spiro atoms. The monoisotopic (exact) mass is 463 g/mol. The number of benzene rings is 3. The van der Waals surface area contributed by atoms with Crippen LogP contribution in [0, 0.1) is 11.8 Å². The molecule has 0 radical (unpaired) electrons. The predicted octanol–water partition coefficient (Wildman–Crippen LogP) is 3.86. The fourth-order valence-electron chi connectivity index (χ4n) is 4.66. The third-order valence-electron chi connectivity index (χ3n) is 6.72. The van der Waals surface area contributed by atoms with Gasteiger partial charge in [-0.05, 0) is 84.8 Å². The predicted molar refractivity (Wildman–Crippen MR) is 131 cm³/mol. The van der Waals surface area contributed by atoms with Gasteiger partial charge in [0.2, 0.25) is 15.9 Å². The minimum atomic E-state index is -3.53.